The van der Waals surface area contributed by atoms with Crippen molar-refractivity contribution in [3.8, 4) is 0 Å². The molecule has 18 heavy (non-hydrogen) atoms. The number of benzene rings is 1. The summed E-state index contributed by atoms with van der Waals surface area (Å²) in [5.74, 6) is -0.361. The Balaban J connectivity index is 2.21. The van der Waals surface area contributed by atoms with Gasteiger partial charge in [-0.25, -0.2) is 4.39 Å². The molecule has 0 aliphatic carbocycles. The molecule has 1 heterocycles. The van der Waals surface area contributed by atoms with Gasteiger partial charge in [-0.05, 0) is 30.7 Å². The average molecular weight is 248 g/mol. The molecule has 2 rings (SSSR count). The van der Waals surface area contributed by atoms with E-state index in [9.17, 15) is 9.18 Å². The summed E-state index contributed by atoms with van der Waals surface area (Å²) in [6.45, 7) is 1.93. The monoisotopic (exact) mass is 248 g/mol. The molecule has 0 unspecified atom stereocenters. The van der Waals surface area contributed by atoms with E-state index in [1.807, 2.05) is 0 Å². The maximum atomic E-state index is 13.5. The Bertz CT molecular complexity index is 558. The van der Waals surface area contributed by atoms with E-state index >= 15 is 0 Å². The zero-order chi connectivity index (χ0) is 13.1. The third kappa shape index (κ3) is 2.41. The van der Waals surface area contributed by atoms with Gasteiger partial charge in [0.1, 0.15) is 11.6 Å². The van der Waals surface area contributed by atoms with E-state index in [1.54, 1.807) is 25.1 Å². The van der Waals surface area contributed by atoms with E-state index in [0.29, 0.717) is 11.3 Å². The van der Waals surface area contributed by atoms with Gasteiger partial charge in [-0.1, -0.05) is 12.1 Å². The van der Waals surface area contributed by atoms with Gasteiger partial charge in [-0.2, -0.15) is 0 Å². The second kappa shape index (κ2) is 5.01. The van der Waals surface area contributed by atoms with Gasteiger partial charge in [0.15, 0.2) is 5.76 Å². The van der Waals surface area contributed by atoms with Gasteiger partial charge in [0.25, 0.3) is 5.91 Å². The molecule has 0 spiro atoms. The molecular formula is C13H13FN2O2. The van der Waals surface area contributed by atoms with E-state index in [0.717, 1.165) is 0 Å². The summed E-state index contributed by atoms with van der Waals surface area (Å²) in [7, 11) is 0. The zero-order valence-electron chi connectivity index (χ0n) is 9.87. The maximum absolute atomic E-state index is 13.5. The number of hydrogen-bond donors (Lipinski definition) is 2. The van der Waals surface area contributed by atoms with Crippen LogP contribution in [-0.2, 0) is 6.54 Å². The second-order valence-electron chi connectivity index (χ2n) is 3.86. The summed E-state index contributed by atoms with van der Waals surface area (Å²) in [4.78, 5) is 11.8. The molecule has 0 atom stereocenters. The van der Waals surface area contributed by atoms with Crippen LogP contribution in [0, 0.1) is 12.7 Å². The quantitative estimate of drug-likeness (QED) is 0.876. The van der Waals surface area contributed by atoms with E-state index in [4.69, 9.17) is 10.2 Å². The highest BCUT2D eigenvalue weighted by atomic mass is 19.1. The van der Waals surface area contributed by atoms with Gasteiger partial charge < -0.3 is 15.5 Å². The van der Waals surface area contributed by atoms with E-state index in [-0.39, 0.29) is 18.0 Å². The molecule has 0 radical (unpaired) electrons. The number of amides is 1. The van der Waals surface area contributed by atoms with Crippen molar-refractivity contribution >= 4 is 11.6 Å². The maximum Gasteiger partial charge on any atom is 0.291 e. The molecule has 3 N–H and O–H groups in total. The molecule has 0 aliphatic rings. The highest BCUT2D eigenvalue weighted by molar-refractivity contribution is 6.02. The Morgan fingerprint density at radius 2 is 2.17 bits per heavy atom. The summed E-state index contributed by atoms with van der Waals surface area (Å²) < 4.78 is 18.7. The first-order valence-corrected chi connectivity index (χ1v) is 5.47. The molecule has 0 aliphatic heterocycles. The van der Waals surface area contributed by atoms with Crippen LogP contribution in [-0.4, -0.2) is 5.91 Å². The molecule has 0 saturated heterocycles. The summed E-state index contributed by atoms with van der Waals surface area (Å²) in [5.41, 5.74) is 6.19. The molecule has 5 heteroatoms. The van der Waals surface area contributed by atoms with Crippen LogP contribution in [0.5, 0.6) is 0 Å². The smallest absolute Gasteiger partial charge is 0.291 e. The normalized spacial score (nSPS) is 10.4. The number of furan rings is 1. The molecule has 1 aromatic heterocycles. The molecule has 2 aromatic rings. The lowest BCUT2D eigenvalue weighted by Crippen LogP contribution is -2.13. The number of aryl methyl sites for hydroxylation is 1. The van der Waals surface area contributed by atoms with Crippen LogP contribution in [0.3, 0.4) is 0 Å². The number of halogens is 1. The molecule has 4 nitrogen and oxygen atoms in total. The number of carbonyl (C=O) groups is 1. The first kappa shape index (κ1) is 12.3. The third-order valence-corrected chi connectivity index (χ3v) is 2.55. The van der Waals surface area contributed by atoms with Gasteiger partial charge in [-0.15, -0.1) is 0 Å². The molecular weight excluding hydrogens is 235 g/mol. The van der Waals surface area contributed by atoms with Crippen LogP contribution in [0.2, 0.25) is 0 Å². The first-order valence-electron chi connectivity index (χ1n) is 5.47. The van der Waals surface area contributed by atoms with E-state index < -0.39 is 11.7 Å². The molecule has 0 fully saturated rings. The van der Waals surface area contributed by atoms with Crippen LogP contribution >= 0.6 is 0 Å². The fourth-order valence-electron chi connectivity index (χ4n) is 1.58. The Morgan fingerprint density at radius 3 is 2.78 bits per heavy atom. The van der Waals surface area contributed by atoms with Gasteiger partial charge in [0.05, 0.1) is 12.2 Å². The minimum atomic E-state index is -0.497. The highest BCUT2D eigenvalue weighted by Crippen LogP contribution is 2.20. The van der Waals surface area contributed by atoms with Crippen molar-refractivity contribution in [2.45, 2.75) is 13.5 Å². The minimum Gasteiger partial charge on any atom is -0.455 e. The Morgan fingerprint density at radius 1 is 1.39 bits per heavy atom. The van der Waals surface area contributed by atoms with Crippen molar-refractivity contribution < 1.29 is 13.6 Å². The van der Waals surface area contributed by atoms with Gasteiger partial charge >= 0.3 is 0 Å². The Kier molecular flexibility index (Phi) is 3.43. The third-order valence-electron chi connectivity index (χ3n) is 2.55. The largest absolute Gasteiger partial charge is 0.455 e. The zero-order valence-corrected chi connectivity index (χ0v) is 9.87. The van der Waals surface area contributed by atoms with Crippen LogP contribution in [0.15, 0.2) is 34.7 Å². The van der Waals surface area contributed by atoms with Gasteiger partial charge in [0, 0.05) is 0 Å². The molecule has 0 saturated carbocycles. The lowest BCUT2D eigenvalue weighted by atomic mass is 10.2. The fraction of sp³-hybridized carbons (Fsp3) is 0.154. The lowest BCUT2D eigenvalue weighted by Gasteiger charge is -2.07. The number of rotatable bonds is 3. The SMILES string of the molecule is Cc1cccc(F)c1NC(=O)c1ccc(CN)o1. The lowest BCUT2D eigenvalue weighted by molar-refractivity contribution is 0.0994. The Hall–Kier alpha value is -2.14. The summed E-state index contributed by atoms with van der Waals surface area (Å²) in [6, 6.07) is 7.71. The second-order valence-corrected chi connectivity index (χ2v) is 3.86. The standard InChI is InChI=1S/C13H13FN2O2/c1-8-3-2-4-10(14)12(8)16-13(17)11-6-5-9(7-15)18-11/h2-6H,7,15H2,1H3,(H,16,17). The van der Waals surface area contributed by atoms with Crippen molar-refractivity contribution in [1.29, 1.82) is 0 Å². The number of anilines is 1. The number of hydrogen-bond acceptors (Lipinski definition) is 3. The van der Waals surface area contributed by atoms with E-state index in [1.165, 1.54) is 12.1 Å². The van der Waals surface area contributed by atoms with Crippen molar-refractivity contribution in [3.05, 3.63) is 53.2 Å². The van der Waals surface area contributed by atoms with Crippen molar-refractivity contribution in [1.82, 2.24) is 0 Å². The van der Waals surface area contributed by atoms with Crippen molar-refractivity contribution in [2.75, 3.05) is 5.32 Å². The molecule has 1 amide bonds. The van der Waals surface area contributed by atoms with Crippen LogP contribution in [0.4, 0.5) is 10.1 Å². The first-order chi connectivity index (χ1) is 8.61. The number of para-hydroxylation sites is 1. The molecule has 1 aromatic carbocycles. The van der Waals surface area contributed by atoms with Crippen LogP contribution in [0.25, 0.3) is 0 Å². The number of carbonyl (C=O) groups excluding carboxylic acids is 1. The summed E-state index contributed by atoms with van der Waals surface area (Å²) in [6.07, 6.45) is 0. The van der Waals surface area contributed by atoms with Gasteiger partial charge in [-0.3, -0.25) is 4.79 Å². The van der Waals surface area contributed by atoms with Crippen LogP contribution in [0.1, 0.15) is 21.9 Å². The summed E-state index contributed by atoms with van der Waals surface area (Å²) in [5, 5.41) is 2.48. The predicted molar refractivity (Wildman–Crippen MR) is 65.7 cm³/mol. The van der Waals surface area contributed by atoms with E-state index in [2.05, 4.69) is 5.32 Å². The topological polar surface area (TPSA) is 68.3 Å². The molecule has 94 valence electrons. The van der Waals surface area contributed by atoms with Crippen LogP contribution < -0.4 is 11.1 Å². The fourth-order valence-corrected chi connectivity index (χ4v) is 1.58. The van der Waals surface area contributed by atoms with Crippen molar-refractivity contribution in [2.24, 2.45) is 5.73 Å². The minimum absolute atomic E-state index is 0.109. The predicted octanol–water partition coefficient (Wildman–Crippen LogP) is 2.44. The average Bonchev–Trinajstić information content (AvgIpc) is 2.82. The molecule has 0 bridgehead atoms. The number of nitrogens with two attached hydrogens (primary N) is 1. The highest BCUT2D eigenvalue weighted by Gasteiger charge is 2.14. The summed E-state index contributed by atoms with van der Waals surface area (Å²) >= 11 is 0. The van der Waals surface area contributed by atoms with Crippen molar-refractivity contribution in [3.63, 3.8) is 0 Å². The number of nitrogens with one attached hydrogen (secondary N) is 1. The van der Waals surface area contributed by atoms with Gasteiger partial charge in [0.2, 0.25) is 0 Å². The Labute approximate surface area is 104 Å².